The van der Waals surface area contributed by atoms with Crippen LogP contribution in [0.3, 0.4) is 0 Å². The fraction of sp³-hybridized carbons (Fsp3) is 0.607. The van der Waals surface area contributed by atoms with Crippen molar-refractivity contribution in [3.8, 4) is 0 Å². The monoisotopic (exact) mass is 593 g/mol. The van der Waals surface area contributed by atoms with Gasteiger partial charge in [0.15, 0.2) is 0 Å². The predicted octanol–water partition coefficient (Wildman–Crippen LogP) is 1.84. The summed E-state index contributed by atoms with van der Waals surface area (Å²) >= 11 is 13.0. The Balaban J connectivity index is 1.60. The molecule has 10 nitrogen and oxygen atoms in total. The van der Waals surface area contributed by atoms with Gasteiger partial charge >= 0.3 is 6.03 Å². The van der Waals surface area contributed by atoms with Crippen LogP contribution in [0.15, 0.2) is 24.3 Å². The number of primary amides is 1. The van der Waals surface area contributed by atoms with Gasteiger partial charge in [0.2, 0.25) is 17.6 Å². The van der Waals surface area contributed by atoms with Crippen LogP contribution >= 0.6 is 23.2 Å². The Morgan fingerprint density at radius 3 is 2.20 bits per heavy atom. The minimum atomic E-state index is -1.21. The summed E-state index contributed by atoms with van der Waals surface area (Å²) in [5.41, 5.74) is 6.87. The molecule has 12 heteroatoms. The first-order valence-corrected chi connectivity index (χ1v) is 14.4. The largest absolute Gasteiger partial charge is 0.363 e. The first-order valence-electron chi connectivity index (χ1n) is 13.6. The Bertz CT molecular complexity index is 1190. The highest BCUT2D eigenvalue weighted by Crippen LogP contribution is 2.65. The third-order valence-electron chi connectivity index (χ3n) is 7.93. The van der Waals surface area contributed by atoms with Crippen molar-refractivity contribution >= 4 is 52.7 Å². The molecule has 40 heavy (non-hydrogen) atoms. The molecule has 1 aromatic rings. The number of urea groups is 1. The van der Waals surface area contributed by atoms with E-state index in [0.717, 1.165) is 11.1 Å². The number of nitrogens with zero attached hydrogens (tertiary/aromatic N) is 1. The van der Waals surface area contributed by atoms with Crippen LogP contribution in [0.25, 0.3) is 0 Å². The molecule has 5 amide bonds. The number of ketones is 1. The number of Topliss-reactive ketones (excluding diaryl/α,β-unsaturated/α-hetero) is 1. The molecule has 3 aliphatic rings. The highest BCUT2D eigenvalue weighted by molar-refractivity contribution is 6.51. The van der Waals surface area contributed by atoms with Crippen molar-refractivity contribution in [1.82, 2.24) is 20.9 Å². The number of carbonyl (C=O) groups excluding carboxylic acids is 5. The highest BCUT2D eigenvalue weighted by Gasteiger charge is 2.74. The van der Waals surface area contributed by atoms with Crippen molar-refractivity contribution < 1.29 is 24.0 Å². The summed E-state index contributed by atoms with van der Waals surface area (Å²) in [7, 11) is 0. The van der Waals surface area contributed by atoms with Gasteiger partial charge in [-0.3, -0.25) is 19.2 Å². The van der Waals surface area contributed by atoms with E-state index in [0.29, 0.717) is 19.3 Å². The van der Waals surface area contributed by atoms with Gasteiger partial charge in [0.05, 0.1) is 6.04 Å². The SMILES string of the molecule is CCC[C@H](NC(=O)[C@@H]1[C@@H]2[C@H](CN1C(=O)[C@@H](NC(=O)NC(C)(C)C)C1Cc3ccccc3C1)C2(Cl)Cl)C(=O)C(N)=O. The number of hydrogen-bond donors (Lipinski definition) is 4. The second-order valence-corrected chi connectivity index (χ2v) is 13.5. The number of benzene rings is 1. The molecular weight excluding hydrogens is 557 g/mol. The Morgan fingerprint density at radius 1 is 1.07 bits per heavy atom. The molecule has 0 aromatic heterocycles. The number of nitrogens with one attached hydrogen (secondary N) is 3. The van der Waals surface area contributed by atoms with Gasteiger partial charge in [-0.15, -0.1) is 23.2 Å². The van der Waals surface area contributed by atoms with Crippen LogP contribution in [-0.2, 0) is 32.0 Å². The van der Waals surface area contributed by atoms with Gasteiger partial charge in [-0.1, -0.05) is 37.6 Å². The first kappa shape index (κ1) is 30.1. The number of hydrogen-bond acceptors (Lipinski definition) is 5. The minimum absolute atomic E-state index is 0.121. The van der Waals surface area contributed by atoms with E-state index in [4.69, 9.17) is 28.9 Å². The number of nitrogens with two attached hydrogens (primary N) is 1. The molecule has 2 fully saturated rings. The summed E-state index contributed by atoms with van der Waals surface area (Å²) in [6, 6.07) is 4.26. The molecule has 0 spiro atoms. The van der Waals surface area contributed by atoms with Gasteiger partial charge in [0, 0.05) is 23.9 Å². The molecule has 0 radical (unpaired) electrons. The number of amides is 5. The zero-order valence-electron chi connectivity index (χ0n) is 23.1. The maximum absolute atomic E-state index is 14.2. The molecule has 218 valence electrons. The Kier molecular flexibility index (Phi) is 8.43. The number of alkyl halides is 2. The number of halogens is 2. The van der Waals surface area contributed by atoms with Crippen LogP contribution in [0, 0.1) is 17.8 Å². The molecule has 1 aliphatic heterocycles. The molecule has 0 unspecified atom stereocenters. The van der Waals surface area contributed by atoms with E-state index in [1.807, 2.05) is 45.0 Å². The van der Waals surface area contributed by atoms with Gasteiger partial charge < -0.3 is 26.6 Å². The van der Waals surface area contributed by atoms with Crippen molar-refractivity contribution in [3.05, 3.63) is 35.4 Å². The average molecular weight is 595 g/mol. The topological polar surface area (TPSA) is 151 Å². The summed E-state index contributed by atoms with van der Waals surface area (Å²) in [6.07, 6.45) is 1.88. The van der Waals surface area contributed by atoms with E-state index >= 15 is 0 Å². The van der Waals surface area contributed by atoms with E-state index in [1.165, 1.54) is 4.90 Å². The first-order chi connectivity index (χ1) is 18.7. The molecule has 1 heterocycles. The highest BCUT2D eigenvalue weighted by atomic mass is 35.5. The molecular formula is C28H37Cl2N5O5. The molecule has 1 aromatic carbocycles. The maximum Gasteiger partial charge on any atom is 0.315 e. The number of likely N-dealkylation sites (tertiary alicyclic amines) is 1. The van der Waals surface area contributed by atoms with Gasteiger partial charge in [-0.25, -0.2) is 4.79 Å². The van der Waals surface area contributed by atoms with Gasteiger partial charge in [-0.2, -0.15) is 0 Å². The summed E-state index contributed by atoms with van der Waals surface area (Å²) < 4.78 is -1.21. The van der Waals surface area contributed by atoms with Crippen molar-refractivity contribution in [3.63, 3.8) is 0 Å². The second kappa shape index (κ2) is 11.2. The zero-order chi connectivity index (χ0) is 29.6. The van der Waals surface area contributed by atoms with Gasteiger partial charge in [0.1, 0.15) is 16.4 Å². The number of rotatable bonds is 9. The number of carbonyl (C=O) groups is 5. The Hall–Kier alpha value is -2.85. The normalized spacial score (nSPS) is 24.4. The van der Waals surface area contributed by atoms with Gasteiger partial charge in [0.25, 0.3) is 5.91 Å². The number of fused-ring (bicyclic) bond motifs is 2. The van der Waals surface area contributed by atoms with E-state index in [2.05, 4.69) is 16.0 Å². The zero-order valence-corrected chi connectivity index (χ0v) is 24.6. The fourth-order valence-corrected chi connectivity index (χ4v) is 6.85. The molecule has 1 saturated carbocycles. The van der Waals surface area contributed by atoms with E-state index in [9.17, 15) is 24.0 Å². The summed E-state index contributed by atoms with van der Waals surface area (Å²) in [5.74, 6) is -4.27. The average Bonchev–Trinajstić information content (AvgIpc) is 3.24. The van der Waals surface area contributed by atoms with Crippen LogP contribution in [0.2, 0.25) is 0 Å². The molecule has 5 N–H and O–H groups in total. The summed E-state index contributed by atoms with van der Waals surface area (Å²) in [5, 5.41) is 8.34. The Labute approximate surface area is 244 Å². The lowest BCUT2D eigenvalue weighted by molar-refractivity contribution is -0.143. The van der Waals surface area contributed by atoms with Crippen LogP contribution in [0.4, 0.5) is 4.79 Å². The summed E-state index contributed by atoms with van der Waals surface area (Å²) in [6.45, 7) is 7.43. The van der Waals surface area contributed by atoms with Crippen molar-refractivity contribution in [2.75, 3.05) is 6.54 Å². The van der Waals surface area contributed by atoms with E-state index < -0.39 is 63.5 Å². The molecule has 0 bridgehead atoms. The van der Waals surface area contributed by atoms with Crippen LogP contribution < -0.4 is 21.7 Å². The van der Waals surface area contributed by atoms with Crippen LogP contribution in [0.1, 0.15) is 51.7 Å². The third kappa shape index (κ3) is 6.07. The lowest BCUT2D eigenvalue weighted by atomic mass is 9.94. The summed E-state index contributed by atoms with van der Waals surface area (Å²) in [4.78, 5) is 66.1. The standard InChI is InChI=1S/C28H37Cl2N5O5/c1-5-8-18(22(36)23(31)37)32-24(38)21-19-17(28(19,29)30)13-35(21)25(39)20(33-26(40)34-27(2,3)4)16-11-14-9-6-7-10-15(14)12-16/h6-7,9-10,16-21H,5,8,11-13H2,1-4H3,(H2,31,37)(H,32,38)(H2,33,34,40)/t17-,18-,19-,20-,21-/m0/s1. The lowest BCUT2D eigenvalue weighted by Crippen LogP contribution is -2.61. The quantitative estimate of drug-likeness (QED) is 0.254. The predicted molar refractivity (Wildman–Crippen MR) is 151 cm³/mol. The second-order valence-electron chi connectivity index (χ2n) is 12.1. The third-order valence-corrected chi connectivity index (χ3v) is 9.00. The van der Waals surface area contributed by atoms with Crippen LogP contribution in [0.5, 0.6) is 0 Å². The van der Waals surface area contributed by atoms with Crippen molar-refractivity contribution in [2.24, 2.45) is 23.5 Å². The van der Waals surface area contributed by atoms with E-state index in [1.54, 1.807) is 6.92 Å². The van der Waals surface area contributed by atoms with Crippen LogP contribution in [-0.4, -0.2) is 69.0 Å². The van der Waals surface area contributed by atoms with Crippen molar-refractivity contribution in [1.29, 1.82) is 0 Å². The Morgan fingerprint density at radius 2 is 1.68 bits per heavy atom. The fourth-order valence-electron chi connectivity index (χ4n) is 6.03. The van der Waals surface area contributed by atoms with E-state index in [-0.39, 0.29) is 24.8 Å². The van der Waals surface area contributed by atoms with Gasteiger partial charge in [-0.05, 0) is 57.1 Å². The molecule has 5 atom stereocenters. The smallest absolute Gasteiger partial charge is 0.315 e. The molecule has 2 aliphatic carbocycles. The molecule has 4 rings (SSSR count). The van der Waals surface area contributed by atoms with Crippen molar-refractivity contribution in [2.45, 2.75) is 81.4 Å². The minimum Gasteiger partial charge on any atom is -0.363 e. The maximum atomic E-state index is 14.2. The lowest BCUT2D eigenvalue weighted by Gasteiger charge is -2.35. The number of piperidine rings is 1. The molecule has 1 saturated heterocycles.